The van der Waals surface area contributed by atoms with Crippen molar-refractivity contribution in [3.05, 3.63) is 29.6 Å². The van der Waals surface area contributed by atoms with Gasteiger partial charge in [0.25, 0.3) is 0 Å². The third-order valence-electron chi connectivity index (χ3n) is 4.38. The smallest absolute Gasteiger partial charge is 0.168 e. The van der Waals surface area contributed by atoms with E-state index in [0.717, 1.165) is 37.4 Å². The Labute approximate surface area is 121 Å². The van der Waals surface area contributed by atoms with E-state index in [1.165, 1.54) is 20.0 Å². The monoisotopic (exact) mass is 279 g/mol. The zero-order valence-electron chi connectivity index (χ0n) is 12.8. The molecule has 1 atom stereocenters. The van der Waals surface area contributed by atoms with Crippen molar-refractivity contribution in [1.29, 1.82) is 0 Å². The highest BCUT2D eigenvalue weighted by molar-refractivity contribution is 5.32. The Hall–Kier alpha value is -1.09. The molecule has 112 valence electrons. The fourth-order valence-electron chi connectivity index (χ4n) is 2.97. The fourth-order valence-corrected chi connectivity index (χ4v) is 2.97. The Bertz CT molecular complexity index is 445. The lowest BCUT2D eigenvalue weighted by atomic mass is 9.78. The molecular weight excluding hydrogens is 253 g/mol. The minimum Gasteiger partial charge on any atom is -0.494 e. The predicted octanol–water partition coefficient (Wildman–Crippen LogP) is 3.79. The summed E-state index contributed by atoms with van der Waals surface area (Å²) in [5.74, 6) is 0.872. The normalized spacial score (nSPS) is 17.8. The number of benzene rings is 1. The molecule has 1 saturated carbocycles. The first-order valence-corrected chi connectivity index (χ1v) is 7.63. The summed E-state index contributed by atoms with van der Waals surface area (Å²) in [5.41, 5.74) is 0.916. The molecule has 3 heteroatoms. The predicted molar refractivity (Wildman–Crippen MR) is 80.6 cm³/mol. The van der Waals surface area contributed by atoms with Crippen LogP contribution in [0, 0.1) is 17.2 Å². The zero-order valence-corrected chi connectivity index (χ0v) is 12.8. The van der Waals surface area contributed by atoms with Crippen molar-refractivity contribution in [1.82, 2.24) is 5.32 Å². The highest BCUT2D eigenvalue weighted by Crippen LogP contribution is 2.47. The molecule has 1 N–H and O–H groups in total. The fraction of sp³-hybridized carbons (Fsp3) is 0.647. The summed E-state index contributed by atoms with van der Waals surface area (Å²) in [6.07, 6.45) is 4.46. The van der Waals surface area contributed by atoms with Crippen molar-refractivity contribution >= 4 is 0 Å². The molecule has 0 bridgehead atoms. The summed E-state index contributed by atoms with van der Waals surface area (Å²) < 4.78 is 19.4. The summed E-state index contributed by atoms with van der Waals surface area (Å²) in [7, 11) is 1.52. The Morgan fingerprint density at radius 2 is 2.15 bits per heavy atom. The van der Waals surface area contributed by atoms with E-state index in [1.807, 2.05) is 12.1 Å². The molecule has 0 heterocycles. The van der Waals surface area contributed by atoms with E-state index in [4.69, 9.17) is 4.74 Å². The summed E-state index contributed by atoms with van der Waals surface area (Å²) in [5, 5.41) is 3.51. The lowest BCUT2D eigenvalue weighted by Crippen LogP contribution is -2.36. The van der Waals surface area contributed by atoms with Gasteiger partial charge in [0.05, 0.1) is 7.11 Å². The number of rotatable bonds is 8. The Balaban J connectivity index is 2.11. The molecule has 0 radical (unpaired) electrons. The van der Waals surface area contributed by atoms with Crippen LogP contribution in [0.15, 0.2) is 18.2 Å². The molecule has 1 unspecified atom stereocenters. The van der Waals surface area contributed by atoms with E-state index >= 15 is 0 Å². The Morgan fingerprint density at radius 3 is 2.75 bits per heavy atom. The van der Waals surface area contributed by atoms with Crippen LogP contribution >= 0.6 is 0 Å². The van der Waals surface area contributed by atoms with Crippen LogP contribution in [-0.2, 0) is 6.42 Å². The number of nitrogens with one attached hydrogen (secondary N) is 1. The summed E-state index contributed by atoms with van der Waals surface area (Å²) >= 11 is 0. The number of ether oxygens (including phenoxy) is 1. The van der Waals surface area contributed by atoms with E-state index in [2.05, 4.69) is 19.2 Å². The molecule has 2 nitrogen and oxygen atoms in total. The topological polar surface area (TPSA) is 21.3 Å². The molecule has 0 aliphatic heterocycles. The second-order valence-corrected chi connectivity index (χ2v) is 6.22. The minimum absolute atomic E-state index is 0.141. The number of halogens is 1. The maximum atomic E-state index is 14.3. The van der Waals surface area contributed by atoms with Crippen molar-refractivity contribution in [3.63, 3.8) is 0 Å². The second kappa shape index (κ2) is 6.57. The molecule has 1 aromatic carbocycles. The minimum atomic E-state index is -0.197. The molecule has 1 aliphatic rings. The van der Waals surface area contributed by atoms with Gasteiger partial charge in [-0.3, -0.25) is 0 Å². The van der Waals surface area contributed by atoms with Crippen molar-refractivity contribution in [2.75, 3.05) is 20.2 Å². The average molecular weight is 279 g/mol. The number of hydrogen-bond donors (Lipinski definition) is 1. The van der Waals surface area contributed by atoms with Crippen LogP contribution in [-0.4, -0.2) is 20.2 Å². The number of hydrogen-bond acceptors (Lipinski definition) is 2. The third kappa shape index (κ3) is 3.51. The van der Waals surface area contributed by atoms with Crippen LogP contribution in [0.3, 0.4) is 0 Å². The van der Waals surface area contributed by atoms with Crippen molar-refractivity contribution < 1.29 is 9.13 Å². The van der Waals surface area contributed by atoms with Crippen LogP contribution in [0.25, 0.3) is 0 Å². The van der Waals surface area contributed by atoms with E-state index in [-0.39, 0.29) is 11.2 Å². The highest BCUT2D eigenvalue weighted by atomic mass is 19.1. The largest absolute Gasteiger partial charge is 0.494 e. The van der Waals surface area contributed by atoms with E-state index in [1.54, 1.807) is 6.07 Å². The van der Waals surface area contributed by atoms with Gasteiger partial charge in [-0.05, 0) is 55.2 Å². The molecule has 1 aliphatic carbocycles. The quantitative estimate of drug-likeness (QED) is 0.731. The zero-order chi connectivity index (χ0) is 14.6. The average Bonchev–Trinajstić information content (AvgIpc) is 3.26. The van der Waals surface area contributed by atoms with Gasteiger partial charge < -0.3 is 10.1 Å². The molecule has 1 fully saturated rings. The van der Waals surface area contributed by atoms with E-state index in [0.29, 0.717) is 5.75 Å². The summed E-state index contributed by atoms with van der Waals surface area (Å²) in [4.78, 5) is 0. The first kappa shape index (κ1) is 15.3. The van der Waals surface area contributed by atoms with Crippen LogP contribution < -0.4 is 10.1 Å². The second-order valence-electron chi connectivity index (χ2n) is 6.22. The maximum Gasteiger partial charge on any atom is 0.168 e. The molecule has 0 aromatic heterocycles. The SMILES string of the molecule is CCCNCC(C)(Cc1cccc(OC)c1F)C1CC1. The molecule has 0 saturated heterocycles. The van der Waals surface area contributed by atoms with Gasteiger partial charge in [-0.25, -0.2) is 4.39 Å². The van der Waals surface area contributed by atoms with Gasteiger partial charge in [0.15, 0.2) is 11.6 Å². The van der Waals surface area contributed by atoms with Crippen LogP contribution in [0.1, 0.15) is 38.7 Å². The standard InChI is InChI=1S/C17H26FNO/c1-4-10-19-12-17(2,14-8-9-14)11-13-6-5-7-15(20-3)16(13)18/h5-7,14,19H,4,8-12H2,1-3H3. The van der Waals surface area contributed by atoms with Gasteiger partial charge in [-0.2, -0.15) is 0 Å². The third-order valence-corrected chi connectivity index (χ3v) is 4.38. The van der Waals surface area contributed by atoms with Crippen molar-refractivity contribution in [2.24, 2.45) is 11.3 Å². The lowest BCUT2D eigenvalue weighted by molar-refractivity contribution is 0.252. The molecule has 0 spiro atoms. The molecular formula is C17H26FNO. The van der Waals surface area contributed by atoms with Gasteiger partial charge in [-0.1, -0.05) is 26.0 Å². The van der Waals surface area contributed by atoms with Gasteiger partial charge in [-0.15, -0.1) is 0 Å². The van der Waals surface area contributed by atoms with Gasteiger partial charge >= 0.3 is 0 Å². The summed E-state index contributed by atoms with van der Waals surface area (Å²) in [6, 6.07) is 5.45. The first-order valence-electron chi connectivity index (χ1n) is 7.63. The van der Waals surface area contributed by atoms with Crippen molar-refractivity contribution in [3.8, 4) is 5.75 Å². The molecule has 2 rings (SSSR count). The summed E-state index contributed by atoms with van der Waals surface area (Å²) in [6.45, 7) is 6.44. The van der Waals surface area contributed by atoms with Gasteiger partial charge in [0.1, 0.15) is 0 Å². The highest BCUT2D eigenvalue weighted by Gasteiger charge is 2.41. The maximum absolute atomic E-state index is 14.3. The van der Waals surface area contributed by atoms with Gasteiger partial charge in [0, 0.05) is 6.54 Å². The van der Waals surface area contributed by atoms with Crippen LogP contribution in [0.5, 0.6) is 5.75 Å². The van der Waals surface area contributed by atoms with E-state index in [9.17, 15) is 4.39 Å². The number of methoxy groups -OCH3 is 1. The van der Waals surface area contributed by atoms with Crippen molar-refractivity contribution in [2.45, 2.75) is 39.5 Å². The van der Waals surface area contributed by atoms with Crippen LogP contribution in [0.4, 0.5) is 4.39 Å². The van der Waals surface area contributed by atoms with Gasteiger partial charge in [0.2, 0.25) is 0 Å². The molecule has 20 heavy (non-hydrogen) atoms. The molecule has 0 amide bonds. The first-order chi connectivity index (χ1) is 9.60. The van der Waals surface area contributed by atoms with Crippen LogP contribution in [0.2, 0.25) is 0 Å². The molecule has 1 aromatic rings. The Morgan fingerprint density at radius 1 is 1.40 bits per heavy atom. The Kier molecular flexibility index (Phi) is 5.03. The van der Waals surface area contributed by atoms with E-state index < -0.39 is 0 Å². The lowest BCUT2D eigenvalue weighted by Gasteiger charge is -2.30.